The lowest BCUT2D eigenvalue weighted by atomic mass is 9.97. The van der Waals surface area contributed by atoms with Gasteiger partial charge in [-0.15, -0.1) is 0 Å². The molecule has 26 heavy (non-hydrogen) atoms. The number of carbonyl (C=O) groups is 4. The summed E-state index contributed by atoms with van der Waals surface area (Å²) >= 11 is 4.55. The first-order valence-electron chi connectivity index (χ1n) is 7.53. The quantitative estimate of drug-likeness (QED) is 0.268. The Morgan fingerprint density at radius 1 is 0.885 bits per heavy atom. The lowest BCUT2D eigenvalue weighted by Gasteiger charge is -2.42. The van der Waals surface area contributed by atoms with Crippen molar-refractivity contribution in [2.45, 2.75) is 58.3 Å². The number of esters is 4. The predicted octanol–water partition coefficient (Wildman–Crippen LogP) is 0.172. The van der Waals surface area contributed by atoms with Crippen LogP contribution in [0.25, 0.3) is 0 Å². The molecule has 0 saturated carbocycles. The lowest BCUT2D eigenvalue weighted by Crippen LogP contribution is -2.61. The fourth-order valence-electron chi connectivity index (χ4n) is 2.36. The van der Waals surface area contributed by atoms with Crippen molar-refractivity contribution in [2.75, 3.05) is 6.61 Å². The summed E-state index contributed by atoms with van der Waals surface area (Å²) in [7, 11) is 0. The van der Waals surface area contributed by atoms with Crippen molar-refractivity contribution >= 4 is 41.3 Å². The molecule has 0 radical (unpaired) electrons. The van der Waals surface area contributed by atoms with E-state index in [2.05, 4.69) is 22.4 Å². The van der Waals surface area contributed by atoms with Gasteiger partial charge in [-0.3, -0.25) is 19.2 Å². The van der Waals surface area contributed by atoms with Gasteiger partial charge in [0.05, 0.1) is 5.16 Å². The Bertz CT molecular complexity index is 616. The van der Waals surface area contributed by atoms with E-state index in [9.17, 15) is 19.2 Å². The Balaban J connectivity index is 3.28. The van der Waals surface area contributed by atoms with Crippen LogP contribution in [-0.4, -0.2) is 66.3 Å². The third-order valence-corrected chi connectivity index (χ3v) is 3.25. The fraction of sp³-hybridized carbons (Fsp3) is 0.667. The molecule has 0 spiro atoms. The highest BCUT2D eigenvalue weighted by Gasteiger charge is 2.52. The number of rotatable bonds is 6. The van der Waals surface area contributed by atoms with E-state index in [0.717, 1.165) is 20.8 Å². The summed E-state index contributed by atoms with van der Waals surface area (Å²) in [6.07, 6.45) is -5.96. The molecule has 1 saturated heterocycles. The van der Waals surface area contributed by atoms with E-state index in [1.807, 2.05) is 0 Å². The fourth-order valence-corrected chi connectivity index (χ4v) is 2.47. The van der Waals surface area contributed by atoms with Crippen LogP contribution in [0, 0.1) is 0 Å². The van der Waals surface area contributed by atoms with Gasteiger partial charge in [0.1, 0.15) is 12.7 Å². The van der Waals surface area contributed by atoms with Crippen LogP contribution >= 0.6 is 12.2 Å². The van der Waals surface area contributed by atoms with Gasteiger partial charge in [0.25, 0.3) is 0 Å². The Hall–Kier alpha value is -2.36. The zero-order chi connectivity index (χ0) is 19.9. The van der Waals surface area contributed by atoms with Crippen LogP contribution in [0.1, 0.15) is 27.7 Å². The number of aliphatic imine (C=N–C) groups is 1. The molecular formula is C15H19NO9S. The largest absolute Gasteiger partial charge is 0.463 e. The molecule has 0 aromatic carbocycles. The molecule has 1 aliphatic heterocycles. The average Bonchev–Trinajstić information content (AvgIpc) is 2.50. The van der Waals surface area contributed by atoms with Gasteiger partial charge in [-0.05, 0) is 12.2 Å². The SMILES string of the molecule is CC(=O)OC[C@H]1O[C@@H](N=C=S)[C@H](OC(C)=O)[C@@H](OC(C)=O)[C@@H]1OC(C)=O. The van der Waals surface area contributed by atoms with Crippen molar-refractivity contribution in [1.29, 1.82) is 0 Å². The van der Waals surface area contributed by atoms with Crippen molar-refractivity contribution in [3.63, 3.8) is 0 Å². The Morgan fingerprint density at radius 3 is 1.85 bits per heavy atom. The molecule has 5 atom stereocenters. The third kappa shape index (κ3) is 6.51. The van der Waals surface area contributed by atoms with Gasteiger partial charge >= 0.3 is 23.9 Å². The average molecular weight is 389 g/mol. The van der Waals surface area contributed by atoms with Crippen LogP contribution < -0.4 is 0 Å². The number of isothiocyanates is 1. The molecule has 1 rings (SSSR count). The maximum Gasteiger partial charge on any atom is 0.303 e. The molecule has 0 aromatic rings. The molecule has 1 fully saturated rings. The number of carbonyl (C=O) groups excluding carboxylic acids is 4. The van der Waals surface area contributed by atoms with Gasteiger partial charge in [-0.25, -0.2) is 0 Å². The second-order valence-corrected chi connectivity index (χ2v) is 5.49. The first kappa shape index (κ1) is 21.7. The van der Waals surface area contributed by atoms with Gasteiger partial charge in [0.2, 0.25) is 0 Å². The van der Waals surface area contributed by atoms with Gasteiger partial charge in [0, 0.05) is 27.7 Å². The maximum atomic E-state index is 11.5. The maximum absolute atomic E-state index is 11.5. The second kappa shape index (κ2) is 9.95. The minimum Gasteiger partial charge on any atom is -0.463 e. The summed E-state index contributed by atoms with van der Waals surface area (Å²) < 4.78 is 26.0. The third-order valence-electron chi connectivity index (χ3n) is 3.15. The van der Waals surface area contributed by atoms with Crippen molar-refractivity contribution in [3.05, 3.63) is 0 Å². The van der Waals surface area contributed by atoms with E-state index in [-0.39, 0.29) is 6.61 Å². The molecule has 11 heteroatoms. The van der Waals surface area contributed by atoms with E-state index >= 15 is 0 Å². The molecule has 0 aliphatic carbocycles. The molecule has 1 heterocycles. The number of nitrogens with zero attached hydrogens (tertiary/aromatic N) is 1. The minimum absolute atomic E-state index is 0.318. The summed E-state index contributed by atoms with van der Waals surface area (Å²) in [6.45, 7) is 4.26. The molecule has 0 bridgehead atoms. The highest BCUT2D eigenvalue weighted by atomic mass is 32.1. The molecule has 0 unspecified atom stereocenters. The highest BCUT2D eigenvalue weighted by molar-refractivity contribution is 7.78. The monoisotopic (exact) mass is 389 g/mol. The number of hydrogen-bond acceptors (Lipinski definition) is 11. The zero-order valence-corrected chi connectivity index (χ0v) is 15.4. The van der Waals surface area contributed by atoms with Crippen molar-refractivity contribution < 1.29 is 42.9 Å². The minimum atomic E-state index is -1.26. The van der Waals surface area contributed by atoms with Crippen molar-refractivity contribution in [1.82, 2.24) is 0 Å². The Kier molecular flexibility index (Phi) is 8.30. The van der Waals surface area contributed by atoms with Crippen LogP contribution in [0.2, 0.25) is 0 Å². The van der Waals surface area contributed by atoms with Crippen molar-refractivity contribution in [3.8, 4) is 0 Å². The molecule has 0 aromatic heterocycles. The molecule has 10 nitrogen and oxygen atoms in total. The summed E-state index contributed by atoms with van der Waals surface area (Å²) in [5, 5.41) is 2.09. The molecule has 1 aliphatic rings. The van der Waals surface area contributed by atoms with E-state index < -0.39 is 54.5 Å². The first-order valence-corrected chi connectivity index (χ1v) is 7.94. The van der Waals surface area contributed by atoms with Crippen LogP contribution in [-0.2, 0) is 42.9 Å². The van der Waals surface area contributed by atoms with Gasteiger partial charge in [0.15, 0.2) is 24.5 Å². The van der Waals surface area contributed by atoms with Crippen LogP contribution in [0.4, 0.5) is 0 Å². The Labute approximate surface area is 154 Å². The van der Waals surface area contributed by atoms with Crippen LogP contribution in [0.15, 0.2) is 4.99 Å². The van der Waals surface area contributed by atoms with E-state index in [1.54, 1.807) is 0 Å². The lowest BCUT2D eigenvalue weighted by molar-refractivity contribution is -0.250. The van der Waals surface area contributed by atoms with E-state index in [0.29, 0.717) is 0 Å². The smallest absolute Gasteiger partial charge is 0.303 e. The molecular weight excluding hydrogens is 370 g/mol. The summed E-state index contributed by atoms with van der Waals surface area (Å²) in [5.74, 6) is -2.74. The zero-order valence-electron chi connectivity index (χ0n) is 14.6. The number of thiocarbonyl (C=S) groups is 1. The topological polar surface area (TPSA) is 127 Å². The van der Waals surface area contributed by atoms with Gasteiger partial charge in [-0.2, -0.15) is 4.99 Å². The van der Waals surface area contributed by atoms with Gasteiger partial charge in [-0.1, -0.05) is 0 Å². The first-order chi connectivity index (χ1) is 12.1. The summed E-state index contributed by atoms with van der Waals surface area (Å²) in [5.41, 5.74) is 0. The molecule has 0 amide bonds. The van der Waals surface area contributed by atoms with Gasteiger partial charge < -0.3 is 23.7 Å². The van der Waals surface area contributed by atoms with E-state index in [1.165, 1.54) is 6.92 Å². The Morgan fingerprint density at radius 2 is 1.38 bits per heavy atom. The summed E-state index contributed by atoms with van der Waals surface area (Å²) in [6, 6.07) is 0. The number of ether oxygens (including phenoxy) is 5. The normalized spacial score (nSPS) is 27.5. The van der Waals surface area contributed by atoms with E-state index in [4.69, 9.17) is 23.7 Å². The number of hydrogen-bond donors (Lipinski definition) is 0. The second-order valence-electron chi connectivity index (χ2n) is 5.31. The predicted molar refractivity (Wildman–Crippen MR) is 87.0 cm³/mol. The summed E-state index contributed by atoms with van der Waals surface area (Å²) in [4.78, 5) is 49.3. The molecule has 144 valence electrons. The highest BCUT2D eigenvalue weighted by Crippen LogP contribution is 2.29. The standard InChI is InChI=1S/C15H19NO9S/c1-7(17)21-5-11-12(22-8(2)18)13(23-9(3)19)14(24-10(4)20)15(25-11)16-6-26/h11-15H,5H2,1-4H3/t11-,12-,13+,14-,15-/m1/s1. The molecule has 0 N–H and O–H groups in total. The van der Waals surface area contributed by atoms with Crippen molar-refractivity contribution in [2.24, 2.45) is 4.99 Å². The van der Waals surface area contributed by atoms with Crippen LogP contribution in [0.5, 0.6) is 0 Å². The van der Waals surface area contributed by atoms with Crippen LogP contribution in [0.3, 0.4) is 0 Å².